The van der Waals surface area contributed by atoms with Crippen molar-refractivity contribution in [3.8, 4) is 0 Å². The average molecular weight is 303 g/mol. The molecule has 6 heteroatoms. The van der Waals surface area contributed by atoms with E-state index >= 15 is 0 Å². The first-order chi connectivity index (χ1) is 10.4. The second-order valence-corrected chi connectivity index (χ2v) is 5.67. The number of amides is 4. The van der Waals surface area contributed by atoms with Gasteiger partial charge in [0, 0.05) is 6.04 Å². The molecule has 118 valence electrons. The summed E-state index contributed by atoms with van der Waals surface area (Å²) < 4.78 is 0. The van der Waals surface area contributed by atoms with E-state index in [4.69, 9.17) is 0 Å². The van der Waals surface area contributed by atoms with Crippen LogP contribution in [-0.2, 0) is 15.1 Å². The van der Waals surface area contributed by atoms with E-state index in [9.17, 15) is 14.4 Å². The summed E-state index contributed by atoms with van der Waals surface area (Å²) >= 11 is 0. The van der Waals surface area contributed by atoms with Crippen molar-refractivity contribution in [2.45, 2.75) is 38.8 Å². The molecule has 1 saturated heterocycles. The third-order valence-corrected chi connectivity index (χ3v) is 3.72. The van der Waals surface area contributed by atoms with E-state index < -0.39 is 11.6 Å². The summed E-state index contributed by atoms with van der Waals surface area (Å²) in [7, 11) is 0. The zero-order valence-electron chi connectivity index (χ0n) is 13.1. The summed E-state index contributed by atoms with van der Waals surface area (Å²) in [6.07, 6.45) is 0.421. The highest BCUT2D eigenvalue weighted by Gasteiger charge is 2.51. The van der Waals surface area contributed by atoms with Crippen LogP contribution in [0.1, 0.15) is 32.8 Å². The summed E-state index contributed by atoms with van der Waals surface area (Å²) in [5, 5.41) is 5.43. The molecule has 0 spiro atoms. The van der Waals surface area contributed by atoms with Crippen LogP contribution in [0, 0.1) is 0 Å². The van der Waals surface area contributed by atoms with Gasteiger partial charge < -0.3 is 10.6 Å². The number of nitrogens with one attached hydrogen (secondary N) is 2. The summed E-state index contributed by atoms with van der Waals surface area (Å²) in [5.74, 6) is -0.733. The average Bonchev–Trinajstić information content (AvgIpc) is 2.72. The van der Waals surface area contributed by atoms with Gasteiger partial charge in [-0.3, -0.25) is 14.5 Å². The van der Waals surface area contributed by atoms with Gasteiger partial charge in [0.2, 0.25) is 5.91 Å². The van der Waals surface area contributed by atoms with Crippen LogP contribution in [0.4, 0.5) is 4.79 Å². The molecule has 22 heavy (non-hydrogen) atoms. The third-order valence-electron chi connectivity index (χ3n) is 3.72. The maximum Gasteiger partial charge on any atom is 0.325 e. The monoisotopic (exact) mass is 303 g/mol. The molecule has 0 bridgehead atoms. The van der Waals surface area contributed by atoms with Gasteiger partial charge in [-0.2, -0.15) is 0 Å². The SMILES string of the molecule is CCC1(c2ccccc2)NC(=O)N(CC(=O)NC(C)C)C1=O. The molecule has 1 aliphatic rings. The van der Waals surface area contributed by atoms with Crippen molar-refractivity contribution in [1.29, 1.82) is 0 Å². The maximum absolute atomic E-state index is 12.8. The molecule has 1 unspecified atom stereocenters. The molecule has 0 aliphatic carbocycles. The van der Waals surface area contributed by atoms with E-state index in [2.05, 4.69) is 10.6 Å². The first-order valence-electron chi connectivity index (χ1n) is 7.39. The molecule has 6 nitrogen and oxygen atoms in total. The summed E-state index contributed by atoms with van der Waals surface area (Å²) in [6.45, 7) is 5.22. The van der Waals surface area contributed by atoms with Crippen LogP contribution in [0.3, 0.4) is 0 Å². The van der Waals surface area contributed by atoms with Crippen LogP contribution in [0.5, 0.6) is 0 Å². The molecule has 0 radical (unpaired) electrons. The minimum absolute atomic E-state index is 0.0432. The first kappa shape index (κ1) is 16.0. The topological polar surface area (TPSA) is 78.5 Å². The zero-order chi connectivity index (χ0) is 16.3. The van der Waals surface area contributed by atoms with E-state index in [0.717, 1.165) is 10.5 Å². The Morgan fingerprint density at radius 2 is 1.91 bits per heavy atom. The number of hydrogen-bond acceptors (Lipinski definition) is 3. The number of carbonyl (C=O) groups is 3. The fourth-order valence-corrected chi connectivity index (χ4v) is 2.64. The highest BCUT2D eigenvalue weighted by molar-refractivity contribution is 6.09. The van der Waals surface area contributed by atoms with Gasteiger partial charge in [-0.05, 0) is 25.8 Å². The van der Waals surface area contributed by atoms with Gasteiger partial charge in [0.15, 0.2) is 0 Å². The number of urea groups is 1. The Balaban J connectivity index is 2.25. The number of imide groups is 1. The van der Waals surface area contributed by atoms with Crippen molar-refractivity contribution in [2.75, 3.05) is 6.54 Å². The second-order valence-electron chi connectivity index (χ2n) is 5.67. The number of benzene rings is 1. The van der Waals surface area contributed by atoms with Crippen molar-refractivity contribution in [1.82, 2.24) is 15.5 Å². The van der Waals surface area contributed by atoms with Crippen LogP contribution in [0.25, 0.3) is 0 Å². The molecule has 1 atom stereocenters. The lowest BCUT2D eigenvalue weighted by Gasteiger charge is -2.25. The smallest absolute Gasteiger partial charge is 0.325 e. The van der Waals surface area contributed by atoms with Gasteiger partial charge >= 0.3 is 6.03 Å². The molecule has 1 fully saturated rings. The minimum Gasteiger partial charge on any atom is -0.352 e. The molecular formula is C16H21N3O3. The summed E-state index contributed by atoms with van der Waals surface area (Å²) in [5.41, 5.74) is -0.362. The molecular weight excluding hydrogens is 282 g/mol. The maximum atomic E-state index is 12.8. The van der Waals surface area contributed by atoms with Crippen molar-refractivity contribution in [2.24, 2.45) is 0 Å². The Labute approximate surface area is 129 Å². The van der Waals surface area contributed by atoms with E-state index in [1.54, 1.807) is 12.1 Å². The number of hydrogen-bond donors (Lipinski definition) is 2. The largest absolute Gasteiger partial charge is 0.352 e. The molecule has 1 aliphatic heterocycles. The Kier molecular flexibility index (Phi) is 4.49. The highest BCUT2D eigenvalue weighted by atomic mass is 16.2. The van der Waals surface area contributed by atoms with Gasteiger partial charge in [-0.15, -0.1) is 0 Å². The molecule has 1 heterocycles. The Morgan fingerprint density at radius 1 is 1.27 bits per heavy atom. The minimum atomic E-state index is -1.09. The fraction of sp³-hybridized carbons (Fsp3) is 0.438. The van der Waals surface area contributed by atoms with Crippen molar-refractivity contribution in [3.05, 3.63) is 35.9 Å². The Hall–Kier alpha value is -2.37. The predicted octanol–water partition coefficient (Wildman–Crippen LogP) is 1.37. The normalized spacial score (nSPS) is 21.2. The van der Waals surface area contributed by atoms with Crippen LogP contribution < -0.4 is 10.6 Å². The van der Waals surface area contributed by atoms with Crippen molar-refractivity contribution < 1.29 is 14.4 Å². The second kappa shape index (κ2) is 6.17. The van der Waals surface area contributed by atoms with E-state index in [-0.39, 0.29) is 24.4 Å². The lowest BCUT2D eigenvalue weighted by molar-refractivity contribution is -0.135. The van der Waals surface area contributed by atoms with Crippen LogP contribution >= 0.6 is 0 Å². The lowest BCUT2D eigenvalue weighted by atomic mass is 9.87. The number of rotatable bonds is 5. The Bertz CT molecular complexity index is 586. The number of nitrogens with zero attached hydrogens (tertiary/aromatic N) is 1. The highest BCUT2D eigenvalue weighted by Crippen LogP contribution is 2.32. The van der Waals surface area contributed by atoms with Crippen molar-refractivity contribution >= 4 is 17.8 Å². The van der Waals surface area contributed by atoms with Crippen LogP contribution in [0.15, 0.2) is 30.3 Å². The fourth-order valence-electron chi connectivity index (χ4n) is 2.64. The zero-order valence-corrected chi connectivity index (χ0v) is 13.1. The van der Waals surface area contributed by atoms with Gasteiger partial charge in [0.05, 0.1) is 0 Å². The third kappa shape index (κ3) is 2.81. The van der Waals surface area contributed by atoms with E-state index in [1.807, 2.05) is 39.0 Å². The molecule has 2 N–H and O–H groups in total. The Morgan fingerprint density at radius 3 is 2.45 bits per heavy atom. The van der Waals surface area contributed by atoms with Gasteiger partial charge in [0.1, 0.15) is 12.1 Å². The van der Waals surface area contributed by atoms with Gasteiger partial charge in [0.25, 0.3) is 5.91 Å². The van der Waals surface area contributed by atoms with Crippen LogP contribution in [-0.4, -0.2) is 35.3 Å². The van der Waals surface area contributed by atoms with Gasteiger partial charge in [-0.1, -0.05) is 37.3 Å². The number of carbonyl (C=O) groups excluding carboxylic acids is 3. The van der Waals surface area contributed by atoms with E-state index in [0.29, 0.717) is 6.42 Å². The molecule has 1 aromatic rings. The van der Waals surface area contributed by atoms with Crippen molar-refractivity contribution in [3.63, 3.8) is 0 Å². The van der Waals surface area contributed by atoms with E-state index in [1.165, 1.54) is 0 Å². The summed E-state index contributed by atoms with van der Waals surface area (Å²) in [6, 6.07) is 8.52. The predicted molar refractivity (Wildman–Crippen MR) is 81.9 cm³/mol. The lowest BCUT2D eigenvalue weighted by Crippen LogP contribution is -2.45. The quantitative estimate of drug-likeness (QED) is 0.806. The molecule has 0 saturated carbocycles. The standard InChI is InChI=1S/C16H21N3O3/c1-4-16(12-8-6-5-7-9-12)14(21)19(15(22)18-16)10-13(20)17-11(2)3/h5-9,11H,4,10H2,1-3H3,(H,17,20)(H,18,22). The summed E-state index contributed by atoms with van der Waals surface area (Å²) in [4.78, 5) is 37.8. The molecule has 1 aromatic carbocycles. The molecule has 2 rings (SSSR count). The van der Waals surface area contributed by atoms with Crippen LogP contribution in [0.2, 0.25) is 0 Å². The van der Waals surface area contributed by atoms with Gasteiger partial charge in [-0.25, -0.2) is 4.79 Å². The molecule has 4 amide bonds. The molecule has 0 aromatic heterocycles. The first-order valence-corrected chi connectivity index (χ1v) is 7.39.